The fourth-order valence-corrected chi connectivity index (χ4v) is 5.87. The van der Waals surface area contributed by atoms with Gasteiger partial charge in [-0.3, -0.25) is 0 Å². The Morgan fingerprint density at radius 1 is 0.714 bits per heavy atom. The topological polar surface area (TPSA) is 35.5 Å². The molecular weight excluding hydrogens is 391 g/mol. The average Bonchev–Trinajstić information content (AvgIpc) is 2.76. The fourth-order valence-electron chi connectivity index (χ4n) is 3.05. The molecule has 0 atom stereocenters. The second kappa shape index (κ2) is 10.5. The van der Waals surface area contributed by atoms with Crippen LogP contribution < -0.4 is 15.3 Å². The Hall–Kier alpha value is -2.06. The molecule has 0 aliphatic heterocycles. The third kappa shape index (κ3) is 5.26. The van der Waals surface area contributed by atoms with Crippen LogP contribution in [0.25, 0.3) is 0 Å². The van der Waals surface area contributed by atoms with Crippen molar-refractivity contribution >= 4 is 29.4 Å². The Kier molecular flexibility index (Phi) is 7.73. The van der Waals surface area contributed by atoms with Crippen molar-refractivity contribution in [1.82, 2.24) is 0 Å². The van der Waals surface area contributed by atoms with Crippen LogP contribution in [0.3, 0.4) is 0 Å². The van der Waals surface area contributed by atoms with E-state index in [0.717, 1.165) is 21.9 Å². The molecule has 0 radical (unpaired) electrons. The van der Waals surface area contributed by atoms with Gasteiger partial charge in [-0.2, -0.15) is 0 Å². The van der Waals surface area contributed by atoms with Gasteiger partial charge in [-0.15, -0.1) is 11.6 Å². The van der Waals surface area contributed by atoms with Crippen molar-refractivity contribution in [1.29, 1.82) is 0 Å². The molecule has 0 N–H and O–H groups in total. The molecule has 146 valence electrons. The number of alkyl halides is 1. The molecule has 3 aromatic rings. The predicted octanol–water partition coefficient (Wildman–Crippen LogP) is 4.83. The minimum Gasteiger partial charge on any atom is -0.491 e. The zero-order valence-electron chi connectivity index (χ0n) is 15.7. The summed E-state index contributed by atoms with van der Waals surface area (Å²) in [5, 5.41) is 1.70. The summed E-state index contributed by atoms with van der Waals surface area (Å²) in [5.41, 5.74) is 0.927. The molecule has 0 heterocycles. The van der Waals surface area contributed by atoms with Gasteiger partial charge in [0.25, 0.3) is 0 Å². The highest BCUT2D eigenvalue weighted by Crippen LogP contribution is 2.48. The van der Waals surface area contributed by atoms with Gasteiger partial charge in [-0.05, 0) is 6.07 Å². The van der Waals surface area contributed by atoms with E-state index in [1.54, 1.807) is 0 Å². The maximum Gasteiger partial charge on any atom is 0.147 e. The van der Waals surface area contributed by atoms with E-state index in [2.05, 4.69) is 0 Å². The molecule has 5 heteroatoms. The van der Waals surface area contributed by atoms with E-state index in [4.69, 9.17) is 21.1 Å². The first kappa shape index (κ1) is 20.7. The van der Waals surface area contributed by atoms with Crippen LogP contribution >= 0.6 is 18.7 Å². The van der Waals surface area contributed by atoms with Gasteiger partial charge in [0, 0.05) is 28.2 Å². The lowest BCUT2D eigenvalue weighted by Crippen LogP contribution is -2.18. The summed E-state index contributed by atoms with van der Waals surface area (Å²) in [6.07, 6.45) is 0.403. The van der Waals surface area contributed by atoms with Crippen molar-refractivity contribution in [2.24, 2.45) is 0 Å². The zero-order chi connectivity index (χ0) is 19.7. The summed E-state index contributed by atoms with van der Waals surface area (Å²) in [6.45, 7) is 1.40. The van der Waals surface area contributed by atoms with Gasteiger partial charge in [0.1, 0.15) is 19.5 Å². The third-order valence-electron chi connectivity index (χ3n) is 4.42. The molecule has 0 fully saturated rings. The normalized spacial score (nSPS) is 11.3. The molecule has 3 rings (SSSR count). The molecular formula is C23H24ClO3P. The van der Waals surface area contributed by atoms with E-state index in [0.29, 0.717) is 31.9 Å². The standard InChI is InChI=1S/C23H24ClO3P/c24-15-16-26-17-18-27-23-14-8-7-9-20(23)19-28(25,21-10-3-1-4-11-21)22-12-5-2-6-13-22/h1-14H,15-19H2. The summed E-state index contributed by atoms with van der Waals surface area (Å²) in [5.74, 6) is 1.21. The Labute approximate surface area is 171 Å². The lowest BCUT2D eigenvalue weighted by molar-refractivity contribution is 0.111. The molecule has 0 spiro atoms. The second-order valence-electron chi connectivity index (χ2n) is 6.33. The highest BCUT2D eigenvalue weighted by molar-refractivity contribution is 7.78. The maximum absolute atomic E-state index is 14.3. The van der Waals surface area contributed by atoms with Crippen LogP contribution in [0.15, 0.2) is 84.9 Å². The van der Waals surface area contributed by atoms with Crippen LogP contribution in [0, 0.1) is 0 Å². The van der Waals surface area contributed by atoms with Crippen molar-refractivity contribution in [3.8, 4) is 5.75 Å². The van der Waals surface area contributed by atoms with E-state index in [9.17, 15) is 4.57 Å². The smallest absolute Gasteiger partial charge is 0.147 e. The number of benzene rings is 3. The van der Waals surface area contributed by atoms with Gasteiger partial charge in [0.2, 0.25) is 0 Å². The van der Waals surface area contributed by atoms with Crippen molar-refractivity contribution < 1.29 is 14.0 Å². The summed E-state index contributed by atoms with van der Waals surface area (Å²) in [4.78, 5) is 0. The molecule has 0 unspecified atom stereocenters. The summed E-state index contributed by atoms with van der Waals surface area (Å²) in [7, 11) is -2.85. The zero-order valence-corrected chi connectivity index (χ0v) is 17.3. The molecule has 0 aliphatic carbocycles. The molecule has 3 aromatic carbocycles. The van der Waals surface area contributed by atoms with E-state index in [1.165, 1.54) is 0 Å². The van der Waals surface area contributed by atoms with Crippen molar-refractivity contribution in [2.45, 2.75) is 6.16 Å². The molecule has 0 saturated carbocycles. The Morgan fingerprint density at radius 3 is 1.89 bits per heavy atom. The molecule has 0 saturated heterocycles. The van der Waals surface area contributed by atoms with Crippen LogP contribution in [0.2, 0.25) is 0 Å². The predicted molar refractivity (Wildman–Crippen MR) is 117 cm³/mol. The quantitative estimate of drug-likeness (QED) is 0.270. The molecule has 3 nitrogen and oxygen atoms in total. The summed E-state index contributed by atoms with van der Waals surface area (Å²) in [6, 6.07) is 27.1. The molecule has 0 aromatic heterocycles. The lowest BCUT2D eigenvalue weighted by atomic mass is 10.2. The Balaban J connectivity index is 1.87. The number of hydrogen-bond acceptors (Lipinski definition) is 3. The van der Waals surface area contributed by atoms with E-state index < -0.39 is 7.14 Å². The van der Waals surface area contributed by atoms with Crippen molar-refractivity contribution in [3.63, 3.8) is 0 Å². The second-order valence-corrected chi connectivity index (χ2v) is 9.53. The molecule has 28 heavy (non-hydrogen) atoms. The molecule has 0 bridgehead atoms. The van der Waals surface area contributed by atoms with E-state index in [-0.39, 0.29) is 0 Å². The van der Waals surface area contributed by atoms with E-state index >= 15 is 0 Å². The van der Waals surface area contributed by atoms with Crippen molar-refractivity contribution in [3.05, 3.63) is 90.5 Å². The Morgan fingerprint density at radius 2 is 1.29 bits per heavy atom. The largest absolute Gasteiger partial charge is 0.491 e. The number of para-hydroxylation sites is 1. The van der Waals surface area contributed by atoms with Crippen LogP contribution in [0.1, 0.15) is 5.56 Å². The first-order chi connectivity index (χ1) is 13.7. The average molecular weight is 415 g/mol. The number of ether oxygens (including phenoxy) is 2. The number of hydrogen-bond donors (Lipinski definition) is 0. The maximum atomic E-state index is 14.3. The molecule has 0 aliphatic rings. The lowest BCUT2D eigenvalue weighted by Gasteiger charge is -2.21. The van der Waals surface area contributed by atoms with Gasteiger partial charge in [-0.25, -0.2) is 0 Å². The SMILES string of the molecule is O=P(Cc1ccccc1OCCOCCCl)(c1ccccc1)c1ccccc1. The van der Waals surface area contributed by atoms with Crippen LogP contribution in [0.4, 0.5) is 0 Å². The van der Waals surface area contributed by atoms with Crippen molar-refractivity contribution in [2.75, 3.05) is 25.7 Å². The highest BCUT2D eigenvalue weighted by atomic mass is 35.5. The Bertz CT molecular complexity index is 856. The third-order valence-corrected chi connectivity index (χ3v) is 7.62. The first-order valence-electron chi connectivity index (χ1n) is 9.29. The fraction of sp³-hybridized carbons (Fsp3) is 0.217. The highest BCUT2D eigenvalue weighted by Gasteiger charge is 2.28. The summed E-state index contributed by atoms with van der Waals surface area (Å²) < 4.78 is 25.5. The number of rotatable bonds is 10. The summed E-state index contributed by atoms with van der Waals surface area (Å²) >= 11 is 5.61. The van der Waals surface area contributed by atoms with Gasteiger partial charge >= 0.3 is 0 Å². The molecule has 0 amide bonds. The van der Waals surface area contributed by atoms with Gasteiger partial charge < -0.3 is 14.0 Å². The van der Waals surface area contributed by atoms with Crippen LogP contribution in [-0.4, -0.2) is 25.7 Å². The first-order valence-corrected chi connectivity index (χ1v) is 11.7. The van der Waals surface area contributed by atoms with Crippen LogP contribution in [0.5, 0.6) is 5.75 Å². The number of halogens is 1. The minimum absolute atomic E-state index is 0.403. The minimum atomic E-state index is -2.85. The van der Waals surface area contributed by atoms with E-state index in [1.807, 2.05) is 84.9 Å². The van der Waals surface area contributed by atoms with Crippen LogP contribution in [-0.2, 0) is 15.5 Å². The monoisotopic (exact) mass is 414 g/mol. The van der Waals surface area contributed by atoms with Gasteiger partial charge in [0.15, 0.2) is 0 Å². The van der Waals surface area contributed by atoms with Gasteiger partial charge in [-0.1, -0.05) is 78.9 Å². The van der Waals surface area contributed by atoms with Gasteiger partial charge in [0.05, 0.1) is 13.2 Å².